The highest BCUT2D eigenvalue weighted by molar-refractivity contribution is 5.90. The quantitative estimate of drug-likeness (QED) is 0.771. The van der Waals surface area contributed by atoms with Crippen molar-refractivity contribution < 1.29 is 19.0 Å². The van der Waals surface area contributed by atoms with Crippen molar-refractivity contribution in [3.05, 3.63) is 29.6 Å². The van der Waals surface area contributed by atoms with E-state index in [4.69, 9.17) is 9.84 Å². The number of carboxylic acids is 1. The molecule has 4 heteroatoms. The smallest absolute Gasteiger partial charge is 0.339 e. The fourth-order valence-corrected chi connectivity index (χ4v) is 1.90. The molecule has 0 aromatic heterocycles. The number of carboxylic acid groups (broad SMARTS) is 1. The first-order valence-corrected chi connectivity index (χ1v) is 6.74. The van der Waals surface area contributed by atoms with Crippen molar-refractivity contribution in [1.82, 2.24) is 0 Å². The van der Waals surface area contributed by atoms with Crippen molar-refractivity contribution >= 4 is 5.97 Å². The summed E-state index contributed by atoms with van der Waals surface area (Å²) in [4.78, 5) is 11.0. The molecule has 0 fully saturated rings. The molecule has 1 aromatic carbocycles. The fourth-order valence-electron chi connectivity index (χ4n) is 1.90. The molecule has 0 amide bonds. The van der Waals surface area contributed by atoms with Crippen LogP contribution in [0, 0.1) is 11.7 Å². The zero-order chi connectivity index (χ0) is 14.3. The molecule has 0 aliphatic heterocycles. The standard InChI is InChI=1S/C15H21FO3/c1-3-5-6-11(4-2)10-19-14-8-7-12(16)9-13(14)15(17)18/h7-9,11H,3-6,10H2,1-2H3,(H,17,18). The first kappa shape index (κ1) is 15.5. The molecule has 1 aromatic rings. The molecule has 0 aliphatic rings. The highest BCUT2D eigenvalue weighted by Crippen LogP contribution is 2.22. The number of halogens is 1. The lowest BCUT2D eigenvalue weighted by Gasteiger charge is -2.16. The van der Waals surface area contributed by atoms with Gasteiger partial charge in [0.2, 0.25) is 0 Å². The summed E-state index contributed by atoms with van der Waals surface area (Å²) in [6.07, 6.45) is 4.32. The summed E-state index contributed by atoms with van der Waals surface area (Å²) in [5, 5.41) is 9.01. The molecule has 1 N–H and O–H groups in total. The number of unbranched alkanes of at least 4 members (excludes halogenated alkanes) is 1. The Bertz CT molecular complexity index is 418. The summed E-state index contributed by atoms with van der Waals surface area (Å²) in [7, 11) is 0. The van der Waals surface area contributed by atoms with Gasteiger partial charge in [-0.15, -0.1) is 0 Å². The Labute approximate surface area is 113 Å². The van der Waals surface area contributed by atoms with Crippen molar-refractivity contribution in [1.29, 1.82) is 0 Å². The molecule has 106 valence electrons. The monoisotopic (exact) mass is 268 g/mol. The van der Waals surface area contributed by atoms with E-state index >= 15 is 0 Å². The Kier molecular flexibility index (Phi) is 6.33. The maximum Gasteiger partial charge on any atom is 0.339 e. The zero-order valence-electron chi connectivity index (χ0n) is 11.5. The number of hydrogen-bond acceptors (Lipinski definition) is 2. The van der Waals surface area contributed by atoms with Gasteiger partial charge in [0.05, 0.1) is 6.61 Å². The topological polar surface area (TPSA) is 46.5 Å². The van der Waals surface area contributed by atoms with E-state index in [0.717, 1.165) is 31.7 Å². The summed E-state index contributed by atoms with van der Waals surface area (Å²) in [6.45, 7) is 4.70. The maximum atomic E-state index is 13.0. The molecule has 1 unspecified atom stereocenters. The van der Waals surface area contributed by atoms with Crippen LogP contribution in [0.1, 0.15) is 49.9 Å². The van der Waals surface area contributed by atoms with E-state index in [0.29, 0.717) is 12.5 Å². The van der Waals surface area contributed by atoms with Crippen molar-refractivity contribution in [3.63, 3.8) is 0 Å². The van der Waals surface area contributed by atoms with Gasteiger partial charge in [-0.2, -0.15) is 0 Å². The minimum atomic E-state index is -1.17. The number of carbonyl (C=O) groups is 1. The minimum Gasteiger partial charge on any atom is -0.492 e. The van der Waals surface area contributed by atoms with Gasteiger partial charge in [0, 0.05) is 0 Å². The third-order valence-electron chi connectivity index (χ3n) is 3.19. The zero-order valence-corrected chi connectivity index (χ0v) is 11.5. The van der Waals surface area contributed by atoms with Crippen molar-refractivity contribution in [2.45, 2.75) is 39.5 Å². The summed E-state index contributed by atoms with van der Waals surface area (Å²) in [5.74, 6) is -1.09. The Morgan fingerprint density at radius 1 is 1.42 bits per heavy atom. The Morgan fingerprint density at radius 3 is 2.74 bits per heavy atom. The van der Waals surface area contributed by atoms with Crippen LogP contribution in [0.5, 0.6) is 5.75 Å². The number of benzene rings is 1. The van der Waals surface area contributed by atoms with Crippen LogP contribution in [0.2, 0.25) is 0 Å². The molecule has 1 atom stereocenters. The molecule has 0 radical (unpaired) electrons. The van der Waals surface area contributed by atoms with E-state index in [1.807, 2.05) is 0 Å². The van der Waals surface area contributed by atoms with E-state index in [1.165, 1.54) is 12.1 Å². The summed E-state index contributed by atoms with van der Waals surface area (Å²) >= 11 is 0. The highest BCUT2D eigenvalue weighted by atomic mass is 19.1. The summed E-state index contributed by atoms with van der Waals surface area (Å²) in [6, 6.07) is 3.59. The van der Waals surface area contributed by atoms with Gasteiger partial charge < -0.3 is 9.84 Å². The molecule has 3 nitrogen and oxygen atoms in total. The van der Waals surface area contributed by atoms with Gasteiger partial charge in [0.15, 0.2) is 0 Å². The van der Waals surface area contributed by atoms with Crippen molar-refractivity contribution in [2.24, 2.45) is 5.92 Å². The van der Waals surface area contributed by atoms with Crippen molar-refractivity contribution in [2.75, 3.05) is 6.61 Å². The largest absolute Gasteiger partial charge is 0.492 e. The first-order chi connectivity index (χ1) is 9.08. The number of hydrogen-bond donors (Lipinski definition) is 1. The average Bonchev–Trinajstić information content (AvgIpc) is 2.40. The Hall–Kier alpha value is -1.58. The second kappa shape index (κ2) is 7.77. The van der Waals surface area contributed by atoms with Crippen LogP contribution in [-0.2, 0) is 0 Å². The Morgan fingerprint density at radius 2 is 2.16 bits per heavy atom. The molecule has 19 heavy (non-hydrogen) atoms. The van der Waals surface area contributed by atoms with E-state index < -0.39 is 11.8 Å². The Balaban J connectivity index is 2.68. The van der Waals surface area contributed by atoms with E-state index in [9.17, 15) is 9.18 Å². The van der Waals surface area contributed by atoms with Gasteiger partial charge in [0.1, 0.15) is 17.1 Å². The van der Waals surface area contributed by atoms with Crippen LogP contribution in [0.15, 0.2) is 18.2 Å². The normalized spacial score (nSPS) is 12.2. The molecule has 0 saturated heterocycles. The average molecular weight is 268 g/mol. The molecule has 0 heterocycles. The van der Waals surface area contributed by atoms with Crippen LogP contribution in [-0.4, -0.2) is 17.7 Å². The predicted octanol–water partition coefficient (Wildman–Crippen LogP) is 4.12. The van der Waals surface area contributed by atoms with Gasteiger partial charge in [0.25, 0.3) is 0 Å². The molecule has 0 aliphatic carbocycles. The van der Waals surface area contributed by atoms with E-state index in [-0.39, 0.29) is 11.3 Å². The lowest BCUT2D eigenvalue weighted by Crippen LogP contribution is -2.13. The predicted molar refractivity (Wildman–Crippen MR) is 72.2 cm³/mol. The SMILES string of the molecule is CCCCC(CC)COc1ccc(F)cc1C(=O)O. The summed E-state index contributed by atoms with van der Waals surface area (Å²) in [5.41, 5.74) is -0.120. The lowest BCUT2D eigenvalue weighted by molar-refractivity contribution is 0.0690. The van der Waals surface area contributed by atoms with Gasteiger partial charge >= 0.3 is 5.97 Å². The van der Waals surface area contributed by atoms with Crippen LogP contribution in [0.25, 0.3) is 0 Å². The second-order valence-electron chi connectivity index (χ2n) is 4.67. The molecule has 0 saturated carbocycles. The van der Waals surface area contributed by atoms with Crippen LogP contribution < -0.4 is 4.74 Å². The van der Waals surface area contributed by atoms with Crippen LogP contribution in [0.3, 0.4) is 0 Å². The van der Waals surface area contributed by atoms with Gasteiger partial charge in [-0.25, -0.2) is 9.18 Å². The maximum absolute atomic E-state index is 13.0. The number of aromatic carboxylic acids is 1. The summed E-state index contributed by atoms with van der Waals surface area (Å²) < 4.78 is 18.6. The fraction of sp³-hybridized carbons (Fsp3) is 0.533. The van der Waals surface area contributed by atoms with E-state index in [1.54, 1.807) is 0 Å². The molecule has 0 bridgehead atoms. The third-order valence-corrected chi connectivity index (χ3v) is 3.19. The molecular weight excluding hydrogens is 247 g/mol. The molecule has 1 rings (SSSR count). The molecule has 0 spiro atoms. The lowest BCUT2D eigenvalue weighted by atomic mass is 10.0. The van der Waals surface area contributed by atoms with Crippen LogP contribution >= 0.6 is 0 Å². The van der Waals surface area contributed by atoms with Crippen LogP contribution in [0.4, 0.5) is 4.39 Å². The van der Waals surface area contributed by atoms with Crippen molar-refractivity contribution in [3.8, 4) is 5.75 Å². The van der Waals surface area contributed by atoms with E-state index in [2.05, 4.69) is 13.8 Å². The minimum absolute atomic E-state index is 0.120. The number of rotatable bonds is 8. The van der Waals surface area contributed by atoms with Gasteiger partial charge in [-0.1, -0.05) is 33.1 Å². The first-order valence-electron chi connectivity index (χ1n) is 6.74. The molecular formula is C15H21FO3. The highest BCUT2D eigenvalue weighted by Gasteiger charge is 2.14. The van der Waals surface area contributed by atoms with Gasteiger partial charge in [-0.05, 0) is 30.5 Å². The number of ether oxygens (including phenoxy) is 1. The second-order valence-corrected chi connectivity index (χ2v) is 4.67. The third kappa shape index (κ3) is 4.89. The van der Waals surface area contributed by atoms with Gasteiger partial charge in [-0.3, -0.25) is 0 Å².